The van der Waals surface area contributed by atoms with Crippen molar-refractivity contribution in [2.75, 3.05) is 0 Å². The highest BCUT2D eigenvalue weighted by molar-refractivity contribution is 6.08. The number of nitrogens with zero attached hydrogens (tertiary/aromatic N) is 1. The first-order valence-corrected chi connectivity index (χ1v) is 6.26. The zero-order chi connectivity index (χ0) is 15.6. The number of carboxylic acids is 1. The third kappa shape index (κ3) is 3.02. The molecule has 0 aliphatic carbocycles. The van der Waals surface area contributed by atoms with Crippen LogP contribution in [0.4, 0.5) is 0 Å². The molecule has 21 heavy (non-hydrogen) atoms. The number of nitrogens with two attached hydrogens (primary N) is 1. The molecule has 110 valence electrons. The van der Waals surface area contributed by atoms with E-state index in [2.05, 4.69) is 5.32 Å². The summed E-state index contributed by atoms with van der Waals surface area (Å²) in [5.41, 5.74) is 6.18. The molecule has 0 aliphatic rings. The second-order valence-corrected chi connectivity index (χ2v) is 4.71. The largest absolute Gasteiger partial charge is 0.480 e. The van der Waals surface area contributed by atoms with E-state index in [0.717, 1.165) is 5.52 Å². The number of aromatic nitrogens is 1. The van der Waals surface area contributed by atoms with Gasteiger partial charge in [-0.15, -0.1) is 0 Å². The number of para-hydroxylation sites is 1. The number of rotatable bonds is 5. The smallest absolute Gasteiger partial charge is 0.326 e. The molecule has 0 bridgehead atoms. The van der Waals surface area contributed by atoms with Gasteiger partial charge in [0.25, 0.3) is 5.91 Å². The van der Waals surface area contributed by atoms with Crippen LogP contribution in [0.25, 0.3) is 10.9 Å². The molecular weight excluding hydrogens is 274 g/mol. The summed E-state index contributed by atoms with van der Waals surface area (Å²) in [5, 5.41) is 12.0. The molecular formula is C14H15N3O4. The van der Waals surface area contributed by atoms with Gasteiger partial charge in [-0.05, 0) is 6.07 Å². The van der Waals surface area contributed by atoms with E-state index < -0.39 is 30.2 Å². The van der Waals surface area contributed by atoms with Gasteiger partial charge in [-0.2, -0.15) is 0 Å². The molecule has 7 heteroatoms. The van der Waals surface area contributed by atoms with Crippen LogP contribution >= 0.6 is 0 Å². The molecule has 1 aromatic heterocycles. The summed E-state index contributed by atoms with van der Waals surface area (Å²) in [7, 11) is 1.79. The number of hydrogen-bond acceptors (Lipinski definition) is 3. The topological polar surface area (TPSA) is 114 Å². The maximum Gasteiger partial charge on any atom is 0.326 e. The van der Waals surface area contributed by atoms with Crippen LogP contribution in [0.2, 0.25) is 0 Å². The zero-order valence-electron chi connectivity index (χ0n) is 11.4. The fraction of sp³-hybridized carbons (Fsp3) is 0.214. The van der Waals surface area contributed by atoms with Crippen molar-refractivity contribution >= 4 is 28.7 Å². The Hall–Kier alpha value is -2.83. The number of hydrogen-bond donors (Lipinski definition) is 3. The standard InChI is InChI=1S/C14H15N3O4/c1-17-7-9(8-4-2-3-5-11(8)17)13(19)16-10(14(20)21)6-12(15)18/h2-5,7,10H,6H2,1H3,(H2,15,18)(H,16,19)(H,20,21)/t10-/m1/s1. The molecule has 0 radical (unpaired) electrons. The van der Waals surface area contributed by atoms with Gasteiger partial charge in [-0.1, -0.05) is 18.2 Å². The van der Waals surface area contributed by atoms with Crippen molar-refractivity contribution in [1.82, 2.24) is 9.88 Å². The fourth-order valence-electron chi connectivity index (χ4n) is 2.16. The van der Waals surface area contributed by atoms with Gasteiger partial charge in [0, 0.05) is 24.1 Å². The molecule has 0 saturated carbocycles. The minimum atomic E-state index is -1.34. The highest BCUT2D eigenvalue weighted by Gasteiger charge is 2.24. The van der Waals surface area contributed by atoms with Gasteiger partial charge < -0.3 is 20.7 Å². The van der Waals surface area contributed by atoms with Crippen LogP contribution in [-0.2, 0) is 16.6 Å². The van der Waals surface area contributed by atoms with E-state index >= 15 is 0 Å². The number of carbonyl (C=O) groups excluding carboxylic acids is 2. The van der Waals surface area contributed by atoms with Crippen molar-refractivity contribution in [1.29, 1.82) is 0 Å². The molecule has 7 nitrogen and oxygen atoms in total. The molecule has 0 aliphatic heterocycles. The van der Waals surface area contributed by atoms with E-state index in [9.17, 15) is 14.4 Å². The number of carbonyl (C=O) groups is 3. The third-order valence-corrected chi connectivity index (χ3v) is 3.15. The van der Waals surface area contributed by atoms with Gasteiger partial charge in [0.2, 0.25) is 5.91 Å². The second kappa shape index (κ2) is 5.66. The first-order valence-electron chi connectivity index (χ1n) is 6.26. The molecule has 1 atom stereocenters. The van der Waals surface area contributed by atoms with Crippen molar-refractivity contribution in [3.63, 3.8) is 0 Å². The van der Waals surface area contributed by atoms with Crippen molar-refractivity contribution in [3.05, 3.63) is 36.0 Å². The molecule has 1 aromatic carbocycles. The lowest BCUT2D eigenvalue weighted by Crippen LogP contribution is -2.43. The summed E-state index contributed by atoms with van der Waals surface area (Å²) in [5.74, 6) is -2.65. The lowest BCUT2D eigenvalue weighted by molar-refractivity contribution is -0.140. The van der Waals surface area contributed by atoms with Crippen molar-refractivity contribution < 1.29 is 19.5 Å². The second-order valence-electron chi connectivity index (χ2n) is 4.71. The molecule has 2 rings (SSSR count). The minimum Gasteiger partial charge on any atom is -0.480 e. The predicted molar refractivity (Wildman–Crippen MR) is 75.6 cm³/mol. The quantitative estimate of drug-likeness (QED) is 0.731. The van der Waals surface area contributed by atoms with E-state index in [1.165, 1.54) is 0 Å². The van der Waals surface area contributed by atoms with E-state index in [4.69, 9.17) is 10.8 Å². The Balaban J connectivity index is 2.30. The van der Waals surface area contributed by atoms with E-state index in [1.807, 2.05) is 12.1 Å². The van der Waals surface area contributed by atoms with Crippen LogP contribution in [0.3, 0.4) is 0 Å². The van der Waals surface area contributed by atoms with Gasteiger partial charge in [0.05, 0.1) is 12.0 Å². The lowest BCUT2D eigenvalue weighted by Gasteiger charge is -2.12. The van der Waals surface area contributed by atoms with Crippen LogP contribution in [0.5, 0.6) is 0 Å². The van der Waals surface area contributed by atoms with Crippen molar-refractivity contribution in [2.24, 2.45) is 12.8 Å². The third-order valence-electron chi connectivity index (χ3n) is 3.15. The summed E-state index contributed by atoms with van der Waals surface area (Å²) in [6.45, 7) is 0. The highest BCUT2D eigenvalue weighted by atomic mass is 16.4. The SMILES string of the molecule is Cn1cc(C(=O)N[C@H](CC(N)=O)C(=O)O)c2ccccc21. The average molecular weight is 289 g/mol. The predicted octanol–water partition coefficient (Wildman–Crippen LogP) is 0.237. The summed E-state index contributed by atoms with van der Waals surface area (Å²) in [6, 6.07) is 5.92. The molecule has 0 unspecified atom stereocenters. The molecule has 0 spiro atoms. The van der Waals surface area contributed by atoms with Gasteiger partial charge in [-0.3, -0.25) is 9.59 Å². The number of aliphatic carboxylic acids is 1. The monoisotopic (exact) mass is 289 g/mol. The van der Waals surface area contributed by atoms with Gasteiger partial charge in [-0.25, -0.2) is 4.79 Å². The van der Waals surface area contributed by atoms with Crippen LogP contribution in [-0.4, -0.2) is 33.5 Å². The van der Waals surface area contributed by atoms with Crippen molar-refractivity contribution in [2.45, 2.75) is 12.5 Å². The Morgan fingerprint density at radius 1 is 1.33 bits per heavy atom. The maximum absolute atomic E-state index is 12.2. The molecule has 1 heterocycles. The van der Waals surface area contributed by atoms with Crippen LogP contribution in [0.1, 0.15) is 16.8 Å². The number of aryl methyl sites for hydroxylation is 1. The molecule has 2 aromatic rings. The fourth-order valence-corrected chi connectivity index (χ4v) is 2.16. The zero-order valence-corrected chi connectivity index (χ0v) is 11.4. The minimum absolute atomic E-state index is 0.351. The van der Waals surface area contributed by atoms with Crippen LogP contribution < -0.4 is 11.1 Å². The van der Waals surface area contributed by atoms with E-state index in [1.54, 1.807) is 29.9 Å². The van der Waals surface area contributed by atoms with Gasteiger partial charge in [0.15, 0.2) is 0 Å². The Labute approximate surface area is 120 Å². The maximum atomic E-state index is 12.2. The van der Waals surface area contributed by atoms with Gasteiger partial charge >= 0.3 is 5.97 Å². The van der Waals surface area contributed by atoms with Crippen LogP contribution in [0.15, 0.2) is 30.5 Å². The summed E-state index contributed by atoms with van der Waals surface area (Å²) < 4.78 is 1.77. The Kier molecular flexibility index (Phi) is 3.93. The first kappa shape index (κ1) is 14.6. The van der Waals surface area contributed by atoms with Crippen molar-refractivity contribution in [3.8, 4) is 0 Å². The molecule has 2 amide bonds. The Bertz CT molecular complexity index is 720. The average Bonchev–Trinajstić information content (AvgIpc) is 2.75. The Morgan fingerprint density at radius 2 is 2.00 bits per heavy atom. The number of fused-ring (bicyclic) bond motifs is 1. The van der Waals surface area contributed by atoms with E-state index in [-0.39, 0.29) is 0 Å². The summed E-state index contributed by atoms with van der Waals surface area (Å²) in [4.78, 5) is 34.1. The number of primary amides is 1. The normalized spacial score (nSPS) is 12.0. The number of benzene rings is 1. The van der Waals surface area contributed by atoms with Gasteiger partial charge in [0.1, 0.15) is 6.04 Å². The van der Waals surface area contributed by atoms with E-state index in [0.29, 0.717) is 10.9 Å². The Morgan fingerprint density at radius 3 is 2.62 bits per heavy atom. The highest BCUT2D eigenvalue weighted by Crippen LogP contribution is 2.20. The van der Waals surface area contributed by atoms with Crippen LogP contribution in [0, 0.1) is 0 Å². The summed E-state index contributed by atoms with van der Waals surface area (Å²) >= 11 is 0. The number of amides is 2. The molecule has 0 fully saturated rings. The molecule has 0 saturated heterocycles. The molecule has 4 N–H and O–H groups in total. The lowest BCUT2D eigenvalue weighted by atomic mass is 10.1. The number of carboxylic acid groups (broad SMARTS) is 1. The first-order chi connectivity index (χ1) is 9.90. The summed E-state index contributed by atoms with van der Waals surface area (Å²) in [6.07, 6.45) is 1.16. The number of nitrogens with one attached hydrogen (secondary N) is 1.